The van der Waals surface area contributed by atoms with Crippen LogP contribution in [0.15, 0.2) is 42.7 Å². The summed E-state index contributed by atoms with van der Waals surface area (Å²) in [6.45, 7) is 0. The SMILES string of the molecule is FC(F)(F)c1cccc(-c2cnc3[nH]cc(I)c3c2)c1. The molecule has 0 unspecified atom stereocenters. The van der Waals surface area contributed by atoms with Crippen molar-refractivity contribution in [2.24, 2.45) is 0 Å². The van der Waals surface area contributed by atoms with Crippen LogP contribution in [0.3, 0.4) is 0 Å². The maximum atomic E-state index is 12.7. The van der Waals surface area contributed by atoms with Gasteiger partial charge >= 0.3 is 6.18 Å². The Hall–Kier alpha value is -1.57. The van der Waals surface area contributed by atoms with Gasteiger partial charge in [-0.05, 0) is 46.4 Å². The molecule has 0 spiro atoms. The number of pyridine rings is 1. The maximum absolute atomic E-state index is 12.7. The van der Waals surface area contributed by atoms with E-state index >= 15 is 0 Å². The molecule has 2 nitrogen and oxygen atoms in total. The summed E-state index contributed by atoms with van der Waals surface area (Å²) in [5.74, 6) is 0. The van der Waals surface area contributed by atoms with Crippen LogP contribution in [0.2, 0.25) is 0 Å². The first-order chi connectivity index (χ1) is 9.45. The van der Waals surface area contributed by atoms with Gasteiger partial charge in [-0.3, -0.25) is 0 Å². The van der Waals surface area contributed by atoms with E-state index in [4.69, 9.17) is 0 Å². The van der Waals surface area contributed by atoms with E-state index in [2.05, 4.69) is 32.6 Å². The van der Waals surface area contributed by atoms with Crippen molar-refractivity contribution in [1.82, 2.24) is 9.97 Å². The van der Waals surface area contributed by atoms with Gasteiger partial charge in [0.25, 0.3) is 0 Å². The molecule has 0 fully saturated rings. The van der Waals surface area contributed by atoms with Crippen molar-refractivity contribution in [3.05, 3.63) is 51.9 Å². The van der Waals surface area contributed by atoms with Gasteiger partial charge in [-0.1, -0.05) is 12.1 Å². The number of hydrogen-bond acceptors (Lipinski definition) is 1. The number of benzene rings is 1. The van der Waals surface area contributed by atoms with Gasteiger partial charge in [-0.2, -0.15) is 13.2 Å². The number of aromatic amines is 1. The number of alkyl halides is 3. The summed E-state index contributed by atoms with van der Waals surface area (Å²) in [6.07, 6.45) is -0.950. The fourth-order valence-corrected chi connectivity index (χ4v) is 2.57. The first-order valence-corrected chi connectivity index (χ1v) is 6.83. The van der Waals surface area contributed by atoms with E-state index in [0.717, 1.165) is 26.7 Å². The normalized spacial score (nSPS) is 12.0. The average molecular weight is 388 g/mol. The number of fused-ring (bicyclic) bond motifs is 1. The van der Waals surface area contributed by atoms with Crippen LogP contribution >= 0.6 is 22.6 Å². The molecule has 3 rings (SSSR count). The molecule has 1 N–H and O–H groups in total. The highest BCUT2D eigenvalue weighted by Gasteiger charge is 2.30. The second kappa shape index (κ2) is 4.76. The van der Waals surface area contributed by atoms with Crippen molar-refractivity contribution < 1.29 is 13.2 Å². The van der Waals surface area contributed by atoms with Gasteiger partial charge in [-0.25, -0.2) is 4.98 Å². The van der Waals surface area contributed by atoms with Crippen LogP contribution < -0.4 is 0 Å². The Labute approximate surface area is 126 Å². The molecule has 0 aliphatic carbocycles. The van der Waals surface area contributed by atoms with Crippen molar-refractivity contribution >= 4 is 33.6 Å². The molecule has 0 atom stereocenters. The van der Waals surface area contributed by atoms with Crippen LogP contribution in [0.25, 0.3) is 22.2 Å². The molecule has 2 heterocycles. The third kappa shape index (κ3) is 2.39. The number of rotatable bonds is 1. The smallest absolute Gasteiger partial charge is 0.345 e. The summed E-state index contributed by atoms with van der Waals surface area (Å²) in [4.78, 5) is 7.23. The molecule has 0 radical (unpaired) electrons. The average Bonchev–Trinajstić information content (AvgIpc) is 2.79. The minimum Gasteiger partial charge on any atom is -0.345 e. The largest absolute Gasteiger partial charge is 0.416 e. The molecule has 0 aliphatic rings. The lowest BCUT2D eigenvalue weighted by molar-refractivity contribution is -0.137. The van der Waals surface area contributed by atoms with Crippen LogP contribution in [0.5, 0.6) is 0 Å². The Morgan fingerprint density at radius 3 is 2.65 bits per heavy atom. The molecule has 6 heteroatoms. The monoisotopic (exact) mass is 388 g/mol. The quantitative estimate of drug-likeness (QED) is 0.593. The Balaban J connectivity index is 2.13. The fraction of sp³-hybridized carbons (Fsp3) is 0.0714. The Kier molecular flexibility index (Phi) is 3.19. The van der Waals surface area contributed by atoms with Gasteiger partial charge in [0.15, 0.2) is 0 Å². The van der Waals surface area contributed by atoms with E-state index in [9.17, 15) is 13.2 Å². The van der Waals surface area contributed by atoms with E-state index in [1.807, 2.05) is 12.3 Å². The molecule has 0 aliphatic heterocycles. The Morgan fingerprint density at radius 2 is 1.90 bits per heavy atom. The van der Waals surface area contributed by atoms with Gasteiger partial charge in [0.1, 0.15) is 5.65 Å². The van der Waals surface area contributed by atoms with Crippen molar-refractivity contribution in [1.29, 1.82) is 0 Å². The molecule has 3 aromatic rings. The summed E-state index contributed by atoms with van der Waals surface area (Å²) in [5, 5.41) is 0.903. The molecule has 0 saturated heterocycles. The van der Waals surface area contributed by atoms with Crippen LogP contribution in [0, 0.1) is 3.57 Å². The predicted octanol–water partition coefficient (Wildman–Crippen LogP) is 4.85. The summed E-state index contributed by atoms with van der Waals surface area (Å²) < 4.78 is 39.2. The highest BCUT2D eigenvalue weighted by atomic mass is 127. The highest BCUT2D eigenvalue weighted by molar-refractivity contribution is 14.1. The topological polar surface area (TPSA) is 28.7 Å². The van der Waals surface area contributed by atoms with E-state index < -0.39 is 11.7 Å². The summed E-state index contributed by atoms with van der Waals surface area (Å²) in [5.41, 5.74) is 1.25. The van der Waals surface area contributed by atoms with Gasteiger partial charge in [0.05, 0.1) is 5.56 Å². The number of nitrogens with zero attached hydrogens (tertiary/aromatic N) is 1. The molecule has 102 valence electrons. The summed E-state index contributed by atoms with van der Waals surface area (Å²) in [6, 6.07) is 7.11. The van der Waals surface area contributed by atoms with Gasteiger partial charge < -0.3 is 4.98 Å². The summed E-state index contributed by atoms with van der Waals surface area (Å²) >= 11 is 2.16. The zero-order valence-electron chi connectivity index (χ0n) is 10.0. The van der Waals surface area contributed by atoms with Crippen molar-refractivity contribution in [3.63, 3.8) is 0 Å². The van der Waals surface area contributed by atoms with E-state index in [1.54, 1.807) is 12.3 Å². The van der Waals surface area contributed by atoms with Crippen molar-refractivity contribution in [2.75, 3.05) is 0 Å². The van der Waals surface area contributed by atoms with Crippen molar-refractivity contribution in [2.45, 2.75) is 6.18 Å². The predicted molar refractivity (Wildman–Crippen MR) is 79.2 cm³/mol. The zero-order valence-corrected chi connectivity index (χ0v) is 12.2. The second-order valence-electron chi connectivity index (χ2n) is 4.34. The van der Waals surface area contributed by atoms with Gasteiger partial charge in [0.2, 0.25) is 0 Å². The lowest BCUT2D eigenvalue weighted by Gasteiger charge is -2.08. The maximum Gasteiger partial charge on any atom is 0.416 e. The minimum atomic E-state index is -4.34. The van der Waals surface area contributed by atoms with Gasteiger partial charge in [-0.15, -0.1) is 0 Å². The number of nitrogens with one attached hydrogen (secondary N) is 1. The molecular formula is C14H8F3IN2. The minimum absolute atomic E-state index is 0.506. The zero-order chi connectivity index (χ0) is 14.3. The molecule has 20 heavy (non-hydrogen) atoms. The molecule has 0 amide bonds. The number of H-pyrrole nitrogens is 1. The van der Waals surface area contributed by atoms with Crippen LogP contribution in [-0.2, 0) is 6.18 Å². The standard InChI is InChI=1S/C14H8F3IN2/c15-14(16,17)10-3-1-2-8(4-10)9-5-11-12(18)7-20-13(11)19-6-9/h1-7H,(H,19,20). The molecule has 0 bridgehead atoms. The number of halogens is 4. The Morgan fingerprint density at radius 1 is 1.10 bits per heavy atom. The van der Waals surface area contributed by atoms with Crippen LogP contribution in [0.4, 0.5) is 13.2 Å². The van der Waals surface area contributed by atoms with Crippen LogP contribution in [0.1, 0.15) is 5.56 Å². The second-order valence-corrected chi connectivity index (χ2v) is 5.50. The third-order valence-electron chi connectivity index (χ3n) is 3.00. The van der Waals surface area contributed by atoms with E-state index in [-0.39, 0.29) is 0 Å². The van der Waals surface area contributed by atoms with Crippen LogP contribution in [-0.4, -0.2) is 9.97 Å². The molecule has 0 saturated carbocycles. The first-order valence-electron chi connectivity index (χ1n) is 5.75. The highest BCUT2D eigenvalue weighted by Crippen LogP contribution is 2.32. The first kappa shape index (κ1) is 13.4. The van der Waals surface area contributed by atoms with Gasteiger partial charge in [0, 0.05) is 26.9 Å². The lowest BCUT2D eigenvalue weighted by Crippen LogP contribution is -2.04. The fourth-order valence-electron chi connectivity index (χ4n) is 2.00. The van der Waals surface area contributed by atoms with E-state index in [1.165, 1.54) is 6.07 Å². The molecular weight excluding hydrogens is 380 g/mol. The molecule has 1 aromatic carbocycles. The van der Waals surface area contributed by atoms with Crippen molar-refractivity contribution in [3.8, 4) is 11.1 Å². The van der Waals surface area contributed by atoms with E-state index in [0.29, 0.717) is 11.1 Å². The third-order valence-corrected chi connectivity index (χ3v) is 3.90. The Bertz CT molecular complexity index is 777. The summed E-state index contributed by atoms with van der Waals surface area (Å²) in [7, 11) is 0. The molecule has 2 aromatic heterocycles. The number of aromatic nitrogens is 2. The lowest BCUT2D eigenvalue weighted by atomic mass is 10.0. The number of hydrogen-bond donors (Lipinski definition) is 1.